The summed E-state index contributed by atoms with van der Waals surface area (Å²) in [5.74, 6) is 2.25. The number of alkyl halides is 1. The zero-order chi connectivity index (χ0) is 23.8. The van der Waals surface area contributed by atoms with Crippen LogP contribution in [0, 0.1) is 5.92 Å². The van der Waals surface area contributed by atoms with Crippen molar-refractivity contribution in [3.63, 3.8) is 0 Å². The highest BCUT2D eigenvalue weighted by atomic mass is 35.5. The van der Waals surface area contributed by atoms with Crippen LogP contribution in [0.5, 0.6) is 11.5 Å². The van der Waals surface area contributed by atoms with E-state index < -0.39 is 6.10 Å². The summed E-state index contributed by atoms with van der Waals surface area (Å²) in [6.45, 7) is 11.7. The van der Waals surface area contributed by atoms with E-state index in [-0.39, 0.29) is 17.9 Å². The van der Waals surface area contributed by atoms with Crippen LogP contribution in [0.15, 0.2) is 42.5 Å². The first kappa shape index (κ1) is 26.1. The van der Waals surface area contributed by atoms with Crippen molar-refractivity contribution in [1.29, 1.82) is 0 Å². The van der Waals surface area contributed by atoms with Gasteiger partial charge in [-0.05, 0) is 35.4 Å². The summed E-state index contributed by atoms with van der Waals surface area (Å²) in [5.41, 5.74) is 2.01. The van der Waals surface area contributed by atoms with Gasteiger partial charge in [-0.2, -0.15) is 0 Å². The molecule has 1 aliphatic heterocycles. The normalized spacial score (nSPS) is 16.9. The molecule has 1 heterocycles. The second kappa shape index (κ2) is 12.3. The lowest BCUT2D eigenvalue weighted by Crippen LogP contribution is -2.47. The number of aliphatic hydroxyl groups is 1. The van der Waals surface area contributed by atoms with Gasteiger partial charge in [-0.3, -0.25) is 4.90 Å². The molecule has 3 rings (SSSR count). The van der Waals surface area contributed by atoms with Crippen LogP contribution in [-0.2, 0) is 5.41 Å². The van der Waals surface area contributed by atoms with E-state index in [9.17, 15) is 5.11 Å². The maximum absolute atomic E-state index is 10.3. The zero-order valence-corrected chi connectivity index (χ0v) is 21.3. The number of aliphatic hydroxyl groups excluding tert-OH is 1. The van der Waals surface area contributed by atoms with E-state index in [1.807, 2.05) is 31.2 Å². The van der Waals surface area contributed by atoms with E-state index >= 15 is 0 Å². The summed E-state index contributed by atoms with van der Waals surface area (Å²) < 4.78 is 11.6. The third kappa shape index (κ3) is 7.49. The van der Waals surface area contributed by atoms with Gasteiger partial charge in [-0.1, -0.05) is 50.6 Å². The number of halogens is 2. The molecule has 2 atom stereocenters. The lowest BCUT2D eigenvalue weighted by molar-refractivity contribution is 0.0641. The van der Waals surface area contributed by atoms with Gasteiger partial charge in [0.05, 0.1) is 11.6 Å². The quantitative estimate of drug-likeness (QED) is 0.448. The highest BCUT2D eigenvalue weighted by molar-refractivity contribution is 6.32. The van der Waals surface area contributed by atoms with Gasteiger partial charge in [0, 0.05) is 49.9 Å². The molecule has 2 aromatic carbocycles. The lowest BCUT2D eigenvalue weighted by Gasteiger charge is -2.29. The Morgan fingerprint density at radius 1 is 1.03 bits per heavy atom. The molecular formula is C26H36Cl2N2O3. The summed E-state index contributed by atoms with van der Waals surface area (Å²) in [7, 11) is 0. The van der Waals surface area contributed by atoms with Crippen LogP contribution in [0.2, 0.25) is 5.02 Å². The molecule has 1 fully saturated rings. The monoisotopic (exact) mass is 494 g/mol. The SMILES string of the molecule is C[C@@H](CCl)COc1ccc(C(C)(C)c2ccc(OC[C@@H](O)CN3CCNCC3)cc2)cc1Cl. The molecule has 33 heavy (non-hydrogen) atoms. The van der Waals surface area contributed by atoms with Crippen LogP contribution in [0.3, 0.4) is 0 Å². The molecule has 2 aromatic rings. The van der Waals surface area contributed by atoms with E-state index in [2.05, 4.69) is 42.3 Å². The van der Waals surface area contributed by atoms with Crippen molar-refractivity contribution >= 4 is 23.2 Å². The van der Waals surface area contributed by atoms with Crippen LogP contribution in [0.4, 0.5) is 0 Å². The maximum atomic E-state index is 10.3. The fraction of sp³-hybridized carbons (Fsp3) is 0.538. The van der Waals surface area contributed by atoms with E-state index in [1.165, 1.54) is 0 Å². The van der Waals surface area contributed by atoms with Gasteiger partial charge in [-0.25, -0.2) is 0 Å². The van der Waals surface area contributed by atoms with E-state index in [0.29, 0.717) is 29.8 Å². The standard InChI is InChI=1S/C26H36Cl2N2O3/c1-19(15-27)17-33-25-9-6-21(14-24(25)28)26(2,3)20-4-7-23(8-5-20)32-18-22(31)16-30-12-10-29-11-13-30/h4-9,14,19,22,29,31H,10-13,15-18H2,1-3H3/t19-,22-/m0/s1. The molecule has 1 saturated heterocycles. The zero-order valence-electron chi connectivity index (χ0n) is 19.8. The molecule has 1 aliphatic rings. The third-order valence-corrected chi connectivity index (χ3v) is 6.96. The van der Waals surface area contributed by atoms with Gasteiger partial charge in [0.15, 0.2) is 0 Å². The highest BCUT2D eigenvalue weighted by Gasteiger charge is 2.24. The fourth-order valence-corrected chi connectivity index (χ4v) is 4.18. The summed E-state index contributed by atoms with van der Waals surface area (Å²) in [5, 5.41) is 14.2. The molecule has 0 spiro atoms. The Labute approximate surface area is 208 Å². The smallest absolute Gasteiger partial charge is 0.137 e. The average molecular weight is 495 g/mol. The topological polar surface area (TPSA) is 54.0 Å². The van der Waals surface area contributed by atoms with Gasteiger partial charge < -0.3 is 19.9 Å². The number of piperazine rings is 1. The largest absolute Gasteiger partial charge is 0.492 e. The molecule has 7 heteroatoms. The van der Waals surface area contributed by atoms with Crippen LogP contribution in [0.1, 0.15) is 31.9 Å². The number of benzene rings is 2. The highest BCUT2D eigenvalue weighted by Crippen LogP contribution is 2.36. The first-order valence-corrected chi connectivity index (χ1v) is 12.5. The Morgan fingerprint density at radius 2 is 1.70 bits per heavy atom. The van der Waals surface area contributed by atoms with Crippen molar-refractivity contribution in [3.05, 3.63) is 58.6 Å². The van der Waals surface area contributed by atoms with Crippen LogP contribution in [-0.4, -0.2) is 67.9 Å². The minimum atomic E-state index is -0.505. The van der Waals surface area contributed by atoms with Crippen molar-refractivity contribution in [2.45, 2.75) is 32.3 Å². The molecule has 182 valence electrons. The van der Waals surface area contributed by atoms with E-state index in [1.54, 1.807) is 0 Å². The number of nitrogens with zero attached hydrogens (tertiary/aromatic N) is 1. The van der Waals surface area contributed by atoms with Crippen molar-refractivity contribution < 1.29 is 14.6 Å². The fourth-order valence-electron chi connectivity index (χ4n) is 3.85. The molecule has 5 nitrogen and oxygen atoms in total. The number of ether oxygens (including phenoxy) is 2. The predicted octanol–water partition coefficient (Wildman–Crippen LogP) is 4.56. The minimum Gasteiger partial charge on any atom is -0.492 e. The second-order valence-electron chi connectivity index (χ2n) is 9.38. The van der Waals surface area contributed by atoms with Crippen LogP contribution >= 0.6 is 23.2 Å². The maximum Gasteiger partial charge on any atom is 0.137 e. The summed E-state index contributed by atoms with van der Waals surface area (Å²) in [6.07, 6.45) is -0.505. The molecule has 0 aromatic heterocycles. The molecular weight excluding hydrogens is 459 g/mol. The Bertz CT molecular complexity index is 870. The third-order valence-electron chi connectivity index (χ3n) is 6.14. The first-order chi connectivity index (χ1) is 15.8. The van der Waals surface area contributed by atoms with Gasteiger partial charge in [0.1, 0.15) is 24.2 Å². The predicted molar refractivity (Wildman–Crippen MR) is 136 cm³/mol. The molecule has 0 unspecified atom stereocenters. The molecule has 0 aliphatic carbocycles. The van der Waals surface area contributed by atoms with Gasteiger partial charge in [-0.15, -0.1) is 11.6 Å². The lowest BCUT2D eigenvalue weighted by atomic mass is 9.78. The van der Waals surface area contributed by atoms with Gasteiger partial charge in [0.2, 0.25) is 0 Å². The van der Waals surface area contributed by atoms with Gasteiger partial charge >= 0.3 is 0 Å². The number of rotatable bonds is 11. The second-order valence-corrected chi connectivity index (χ2v) is 10.1. The number of nitrogens with one attached hydrogen (secondary N) is 1. The minimum absolute atomic E-state index is 0.244. The average Bonchev–Trinajstić information content (AvgIpc) is 2.82. The molecule has 0 bridgehead atoms. The van der Waals surface area contributed by atoms with Crippen molar-refractivity contribution in [2.24, 2.45) is 5.92 Å². The molecule has 2 N–H and O–H groups in total. The van der Waals surface area contributed by atoms with E-state index in [4.69, 9.17) is 32.7 Å². The van der Waals surface area contributed by atoms with Crippen LogP contribution in [0.25, 0.3) is 0 Å². The number of β-amino-alcohol motifs (C(OH)–C–C–N with tert-alkyl or cyclic N) is 1. The van der Waals surface area contributed by atoms with Crippen molar-refractivity contribution in [3.8, 4) is 11.5 Å². The molecule has 0 amide bonds. The van der Waals surface area contributed by atoms with Gasteiger partial charge in [0.25, 0.3) is 0 Å². The summed E-state index contributed by atoms with van der Waals surface area (Å²) in [6, 6.07) is 14.0. The summed E-state index contributed by atoms with van der Waals surface area (Å²) in [4.78, 5) is 2.26. The summed E-state index contributed by atoms with van der Waals surface area (Å²) >= 11 is 12.4. The van der Waals surface area contributed by atoms with E-state index in [0.717, 1.165) is 43.1 Å². The Morgan fingerprint density at radius 3 is 2.33 bits per heavy atom. The Kier molecular flexibility index (Phi) is 9.71. The molecule has 0 radical (unpaired) electrons. The number of hydrogen-bond acceptors (Lipinski definition) is 5. The first-order valence-electron chi connectivity index (χ1n) is 11.6. The van der Waals surface area contributed by atoms with Crippen LogP contribution < -0.4 is 14.8 Å². The Hall–Kier alpha value is -1.50. The van der Waals surface area contributed by atoms with Crippen molar-refractivity contribution in [1.82, 2.24) is 10.2 Å². The number of hydrogen-bond donors (Lipinski definition) is 2. The van der Waals surface area contributed by atoms with Crippen molar-refractivity contribution in [2.75, 3.05) is 51.8 Å². The molecule has 0 saturated carbocycles. The Balaban J connectivity index is 1.57.